The number of nitrogens with two attached hydrogens (primary N) is 1. The molecular weight excluding hydrogens is 276 g/mol. The summed E-state index contributed by atoms with van der Waals surface area (Å²) in [5.41, 5.74) is 6.01. The van der Waals surface area contributed by atoms with Gasteiger partial charge < -0.3 is 15.2 Å². The lowest BCUT2D eigenvalue weighted by Gasteiger charge is -2.11. The van der Waals surface area contributed by atoms with Crippen LogP contribution in [0.1, 0.15) is 5.56 Å². The fraction of sp³-hybridized carbons (Fsp3) is 0.133. The molecule has 5 heteroatoms. The largest absolute Gasteiger partial charge is 0.490 e. The Balaban J connectivity index is 1.91. The van der Waals surface area contributed by atoms with Crippen molar-refractivity contribution in [3.05, 3.63) is 59.1 Å². The second-order valence-corrected chi connectivity index (χ2v) is 4.50. The van der Waals surface area contributed by atoms with E-state index in [0.29, 0.717) is 29.5 Å². The smallest absolute Gasteiger partial charge is 0.131 e. The van der Waals surface area contributed by atoms with E-state index in [-0.39, 0.29) is 5.84 Å². The van der Waals surface area contributed by atoms with Crippen molar-refractivity contribution in [3.8, 4) is 11.5 Å². The Labute approximate surface area is 122 Å². The van der Waals surface area contributed by atoms with Gasteiger partial charge in [0.15, 0.2) is 0 Å². The average molecular weight is 291 g/mol. The maximum atomic E-state index is 7.49. The molecule has 20 heavy (non-hydrogen) atoms. The van der Waals surface area contributed by atoms with Crippen LogP contribution >= 0.6 is 11.6 Å². The lowest BCUT2D eigenvalue weighted by Crippen LogP contribution is -2.15. The standard InChI is InChI=1S/C15H15ClN2O2/c16-11-6-7-13(15(17)18)14(10-11)20-9-8-19-12-4-2-1-3-5-12/h1-7,10H,8-9H2,(H3,17,18). The summed E-state index contributed by atoms with van der Waals surface area (Å²) in [4.78, 5) is 0. The predicted molar refractivity (Wildman–Crippen MR) is 79.9 cm³/mol. The molecule has 0 aromatic heterocycles. The number of amidine groups is 1. The van der Waals surface area contributed by atoms with Crippen molar-refractivity contribution in [1.29, 1.82) is 5.41 Å². The summed E-state index contributed by atoms with van der Waals surface area (Å²) < 4.78 is 11.1. The first-order valence-corrected chi connectivity index (χ1v) is 6.49. The lowest BCUT2D eigenvalue weighted by atomic mass is 10.2. The summed E-state index contributed by atoms with van der Waals surface area (Å²) in [6.45, 7) is 0.739. The third-order valence-corrected chi connectivity index (χ3v) is 2.82. The normalized spacial score (nSPS) is 10.1. The molecule has 2 rings (SSSR count). The number of benzene rings is 2. The van der Waals surface area contributed by atoms with Crippen molar-refractivity contribution in [2.75, 3.05) is 13.2 Å². The van der Waals surface area contributed by atoms with Crippen molar-refractivity contribution >= 4 is 17.4 Å². The second-order valence-electron chi connectivity index (χ2n) is 4.06. The van der Waals surface area contributed by atoms with E-state index in [9.17, 15) is 0 Å². The number of rotatable bonds is 6. The first kappa shape index (κ1) is 14.2. The SMILES string of the molecule is N=C(N)c1ccc(Cl)cc1OCCOc1ccccc1. The minimum absolute atomic E-state index is 0.0550. The van der Waals surface area contributed by atoms with Gasteiger partial charge in [0.2, 0.25) is 0 Å². The Bertz CT molecular complexity index is 588. The highest BCUT2D eigenvalue weighted by Gasteiger charge is 2.07. The highest BCUT2D eigenvalue weighted by molar-refractivity contribution is 6.30. The van der Waals surface area contributed by atoms with Gasteiger partial charge in [0.05, 0.1) is 5.56 Å². The summed E-state index contributed by atoms with van der Waals surface area (Å²) >= 11 is 5.91. The van der Waals surface area contributed by atoms with Crippen molar-refractivity contribution in [3.63, 3.8) is 0 Å². The van der Waals surface area contributed by atoms with Gasteiger partial charge in [-0.1, -0.05) is 29.8 Å². The molecule has 0 aliphatic rings. The Morgan fingerprint density at radius 3 is 2.45 bits per heavy atom. The molecule has 0 fully saturated rings. The number of hydrogen-bond donors (Lipinski definition) is 2. The fourth-order valence-corrected chi connectivity index (χ4v) is 1.83. The van der Waals surface area contributed by atoms with Gasteiger partial charge in [-0.05, 0) is 30.3 Å². The van der Waals surface area contributed by atoms with Gasteiger partial charge in [-0.25, -0.2) is 0 Å². The zero-order valence-corrected chi connectivity index (χ0v) is 11.6. The summed E-state index contributed by atoms with van der Waals surface area (Å²) in [5, 5.41) is 8.02. The minimum atomic E-state index is -0.0550. The zero-order chi connectivity index (χ0) is 14.4. The Morgan fingerprint density at radius 1 is 1.05 bits per heavy atom. The number of para-hydroxylation sites is 1. The molecule has 0 aliphatic heterocycles. The van der Waals surface area contributed by atoms with E-state index < -0.39 is 0 Å². The number of hydrogen-bond acceptors (Lipinski definition) is 3. The van der Waals surface area contributed by atoms with Crippen molar-refractivity contribution in [2.45, 2.75) is 0 Å². The molecule has 0 aliphatic carbocycles. The molecule has 3 N–H and O–H groups in total. The number of nitrogen functional groups attached to an aromatic ring is 1. The van der Waals surface area contributed by atoms with Crippen LogP contribution in [0.15, 0.2) is 48.5 Å². The van der Waals surface area contributed by atoms with Crippen LogP contribution in [0, 0.1) is 5.41 Å². The highest BCUT2D eigenvalue weighted by atomic mass is 35.5. The maximum absolute atomic E-state index is 7.49. The van der Waals surface area contributed by atoms with E-state index in [1.807, 2.05) is 30.3 Å². The third kappa shape index (κ3) is 3.90. The Kier molecular flexibility index (Phi) is 4.85. The van der Waals surface area contributed by atoms with Crippen LogP contribution in [0.25, 0.3) is 0 Å². The third-order valence-electron chi connectivity index (χ3n) is 2.59. The molecule has 2 aromatic carbocycles. The quantitative estimate of drug-likeness (QED) is 0.488. The molecule has 0 bridgehead atoms. The monoisotopic (exact) mass is 290 g/mol. The summed E-state index contributed by atoms with van der Waals surface area (Å²) in [6, 6.07) is 14.5. The first-order chi connectivity index (χ1) is 9.66. The van der Waals surface area contributed by atoms with Gasteiger partial charge in [-0.3, -0.25) is 5.41 Å². The first-order valence-electron chi connectivity index (χ1n) is 6.11. The number of halogens is 1. The molecule has 2 aromatic rings. The molecule has 0 amide bonds. The van der Waals surface area contributed by atoms with Gasteiger partial charge in [-0.15, -0.1) is 0 Å². The maximum Gasteiger partial charge on any atom is 0.131 e. The van der Waals surface area contributed by atoms with Crippen LogP contribution in [-0.2, 0) is 0 Å². The van der Waals surface area contributed by atoms with E-state index in [0.717, 1.165) is 5.75 Å². The van der Waals surface area contributed by atoms with Gasteiger partial charge in [0.1, 0.15) is 30.5 Å². The molecule has 0 saturated carbocycles. The van der Waals surface area contributed by atoms with Crippen molar-refractivity contribution in [2.24, 2.45) is 5.73 Å². The van der Waals surface area contributed by atoms with E-state index in [2.05, 4.69) is 0 Å². The second kappa shape index (κ2) is 6.82. The highest BCUT2D eigenvalue weighted by Crippen LogP contribution is 2.23. The summed E-state index contributed by atoms with van der Waals surface area (Å²) in [5.74, 6) is 1.22. The fourth-order valence-electron chi connectivity index (χ4n) is 1.67. The van der Waals surface area contributed by atoms with E-state index >= 15 is 0 Å². The average Bonchev–Trinajstić information content (AvgIpc) is 2.44. The molecule has 4 nitrogen and oxygen atoms in total. The van der Waals surface area contributed by atoms with Gasteiger partial charge in [0.25, 0.3) is 0 Å². The van der Waals surface area contributed by atoms with Crippen LogP contribution < -0.4 is 15.2 Å². The molecule has 0 heterocycles. The van der Waals surface area contributed by atoms with Crippen molar-refractivity contribution < 1.29 is 9.47 Å². The summed E-state index contributed by atoms with van der Waals surface area (Å²) in [6.07, 6.45) is 0. The number of nitrogens with one attached hydrogen (secondary N) is 1. The topological polar surface area (TPSA) is 68.3 Å². The van der Waals surface area contributed by atoms with E-state index in [1.165, 1.54) is 0 Å². The molecule has 0 unspecified atom stereocenters. The molecule has 0 spiro atoms. The molecular formula is C15H15ClN2O2. The molecule has 0 atom stereocenters. The predicted octanol–water partition coefficient (Wildman–Crippen LogP) is 3.08. The van der Waals surface area contributed by atoms with Crippen LogP contribution in [0.2, 0.25) is 5.02 Å². The van der Waals surface area contributed by atoms with Crippen LogP contribution in [0.3, 0.4) is 0 Å². The van der Waals surface area contributed by atoms with Gasteiger partial charge >= 0.3 is 0 Å². The minimum Gasteiger partial charge on any atom is -0.490 e. The van der Waals surface area contributed by atoms with Gasteiger partial charge in [-0.2, -0.15) is 0 Å². The lowest BCUT2D eigenvalue weighted by molar-refractivity contribution is 0.217. The van der Waals surface area contributed by atoms with Crippen LogP contribution in [-0.4, -0.2) is 19.0 Å². The summed E-state index contributed by atoms with van der Waals surface area (Å²) in [7, 11) is 0. The molecule has 104 valence electrons. The van der Waals surface area contributed by atoms with E-state index in [4.69, 9.17) is 32.2 Å². The van der Waals surface area contributed by atoms with E-state index in [1.54, 1.807) is 18.2 Å². The molecule has 0 saturated heterocycles. The van der Waals surface area contributed by atoms with Gasteiger partial charge in [0, 0.05) is 5.02 Å². The Hall–Kier alpha value is -2.20. The van der Waals surface area contributed by atoms with Crippen molar-refractivity contribution in [1.82, 2.24) is 0 Å². The zero-order valence-electron chi connectivity index (χ0n) is 10.8. The molecule has 0 radical (unpaired) electrons. The van der Waals surface area contributed by atoms with Crippen LogP contribution in [0.5, 0.6) is 11.5 Å². The Morgan fingerprint density at radius 2 is 1.75 bits per heavy atom. The number of ether oxygens (including phenoxy) is 2. The van der Waals surface area contributed by atoms with Crippen LogP contribution in [0.4, 0.5) is 0 Å².